The number of unbranched alkanes of at least 4 members (excludes halogenated alkanes) is 1. The largest absolute Gasteiger partial charge is 0.317 e. The van der Waals surface area contributed by atoms with Gasteiger partial charge in [-0.2, -0.15) is 0 Å². The molecule has 0 radical (unpaired) electrons. The van der Waals surface area contributed by atoms with Crippen molar-refractivity contribution in [1.82, 2.24) is 10.2 Å². The van der Waals surface area contributed by atoms with Gasteiger partial charge in [-0.05, 0) is 64.1 Å². The van der Waals surface area contributed by atoms with Crippen LogP contribution in [-0.2, 0) is 0 Å². The lowest BCUT2D eigenvalue weighted by Gasteiger charge is -2.43. The van der Waals surface area contributed by atoms with E-state index in [0.717, 1.165) is 6.04 Å². The molecule has 1 saturated heterocycles. The molecule has 0 aromatic heterocycles. The highest BCUT2D eigenvalue weighted by Gasteiger charge is 2.33. The molecule has 1 fully saturated rings. The van der Waals surface area contributed by atoms with E-state index in [4.69, 9.17) is 0 Å². The highest BCUT2D eigenvalue weighted by atomic mass is 15.2. The lowest BCUT2D eigenvalue weighted by molar-refractivity contribution is 0.0748. The molecule has 1 aliphatic heterocycles. The minimum atomic E-state index is 0.594. The van der Waals surface area contributed by atoms with Gasteiger partial charge in [0.15, 0.2) is 0 Å². The van der Waals surface area contributed by atoms with Crippen LogP contribution < -0.4 is 5.32 Å². The van der Waals surface area contributed by atoms with E-state index in [1.165, 1.54) is 71.1 Å². The first kappa shape index (κ1) is 17.0. The van der Waals surface area contributed by atoms with Crippen molar-refractivity contribution in [1.29, 1.82) is 0 Å². The van der Waals surface area contributed by atoms with Gasteiger partial charge in [0.1, 0.15) is 0 Å². The third-order valence-electron chi connectivity index (χ3n) is 5.00. The van der Waals surface area contributed by atoms with Crippen LogP contribution in [0.25, 0.3) is 0 Å². The normalized spacial score (nSPS) is 20.7. The summed E-state index contributed by atoms with van der Waals surface area (Å²) in [7, 11) is 0. The van der Waals surface area contributed by atoms with Gasteiger partial charge in [-0.1, -0.05) is 33.6 Å². The maximum absolute atomic E-state index is 3.54. The number of hydrogen-bond acceptors (Lipinski definition) is 2. The molecule has 0 spiro atoms. The fourth-order valence-electron chi connectivity index (χ4n) is 3.48. The van der Waals surface area contributed by atoms with Crippen molar-refractivity contribution in [2.24, 2.45) is 5.41 Å². The van der Waals surface area contributed by atoms with E-state index >= 15 is 0 Å². The zero-order valence-corrected chi connectivity index (χ0v) is 13.8. The summed E-state index contributed by atoms with van der Waals surface area (Å²) in [4.78, 5) is 2.78. The minimum absolute atomic E-state index is 0.594. The number of nitrogens with one attached hydrogen (secondary N) is 1. The number of rotatable bonds is 9. The van der Waals surface area contributed by atoms with Gasteiger partial charge in [-0.3, -0.25) is 0 Å². The summed E-state index contributed by atoms with van der Waals surface area (Å²) in [6, 6.07) is 0.746. The van der Waals surface area contributed by atoms with Gasteiger partial charge in [0.25, 0.3) is 0 Å². The molecule has 1 heterocycles. The molecule has 1 N–H and O–H groups in total. The van der Waals surface area contributed by atoms with Crippen molar-refractivity contribution >= 4 is 0 Å². The van der Waals surface area contributed by atoms with Crippen molar-refractivity contribution in [2.45, 2.75) is 78.7 Å². The quantitative estimate of drug-likeness (QED) is 0.678. The van der Waals surface area contributed by atoms with Crippen molar-refractivity contribution in [2.75, 3.05) is 26.2 Å². The van der Waals surface area contributed by atoms with Crippen LogP contribution in [0.1, 0.15) is 72.6 Å². The lowest BCUT2D eigenvalue weighted by Crippen LogP contribution is -2.47. The van der Waals surface area contributed by atoms with Crippen molar-refractivity contribution in [3.05, 3.63) is 0 Å². The number of nitrogens with zero attached hydrogens (tertiary/aromatic N) is 1. The Labute approximate surface area is 121 Å². The lowest BCUT2D eigenvalue weighted by atomic mass is 9.74. The third-order valence-corrected chi connectivity index (χ3v) is 5.00. The maximum atomic E-state index is 3.54. The van der Waals surface area contributed by atoms with E-state index in [1.54, 1.807) is 0 Å². The third kappa shape index (κ3) is 5.43. The fourth-order valence-corrected chi connectivity index (χ4v) is 3.48. The van der Waals surface area contributed by atoms with E-state index in [0.29, 0.717) is 5.41 Å². The zero-order chi connectivity index (χ0) is 14.1. The van der Waals surface area contributed by atoms with Crippen LogP contribution in [0.15, 0.2) is 0 Å². The van der Waals surface area contributed by atoms with E-state index in [2.05, 4.69) is 37.9 Å². The van der Waals surface area contributed by atoms with Gasteiger partial charge in [0.2, 0.25) is 0 Å². The highest BCUT2D eigenvalue weighted by Crippen LogP contribution is 2.35. The first-order valence-corrected chi connectivity index (χ1v) is 8.62. The summed E-state index contributed by atoms with van der Waals surface area (Å²) in [6.07, 6.45) is 9.44. The Morgan fingerprint density at radius 2 is 1.79 bits per heavy atom. The number of hydrogen-bond donors (Lipinski definition) is 1. The Morgan fingerprint density at radius 1 is 1.11 bits per heavy atom. The summed E-state index contributed by atoms with van der Waals surface area (Å²) in [5.74, 6) is 0. The van der Waals surface area contributed by atoms with Crippen LogP contribution in [0, 0.1) is 5.41 Å². The second-order valence-corrected chi connectivity index (χ2v) is 6.58. The molecule has 0 amide bonds. The molecule has 1 unspecified atom stereocenters. The summed E-state index contributed by atoms with van der Waals surface area (Å²) >= 11 is 0. The van der Waals surface area contributed by atoms with E-state index < -0.39 is 0 Å². The first-order chi connectivity index (χ1) is 9.17. The Morgan fingerprint density at radius 3 is 2.32 bits per heavy atom. The molecular formula is C17H36N2. The monoisotopic (exact) mass is 268 g/mol. The SMILES string of the molecule is CCCCN(CC1(CCC)CCNCC1)C(C)CC. The molecule has 1 aliphatic rings. The molecule has 1 rings (SSSR count). The van der Waals surface area contributed by atoms with Crippen molar-refractivity contribution in [3.63, 3.8) is 0 Å². The molecule has 0 saturated carbocycles. The predicted octanol–water partition coefficient (Wildman–Crippen LogP) is 4.06. The molecule has 0 bridgehead atoms. The van der Waals surface area contributed by atoms with Gasteiger partial charge in [0.05, 0.1) is 0 Å². The Hall–Kier alpha value is -0.0800. The Bertz CT molecular complexity index is 216. The van der Waals surface area contributed by atoms with Crippen LogP contribution in [0.3, 0.4) is 0 Å². The molecule has 114 valence electrons. The standard InChI is InChI=1S/C17H36N2/c1-5-8-14-19(16(4)7-3)15-17(9-6-2)10-12-18-13-11-17/h16,18H,5-15H2,1-4H3. The van der Waals surface area contributed by atoms with Crippen LogP contribution >= 0.6 is 0 Å². The van der Waals surface area contributed by atoms with Crippen LogP contribution in [0.4, 0.5) is 0 Å². The molecule has 0 aromatic carbocycles. The molecule has 0 aliphatic carbocycles. The molecule has 0 aromatic rings. The van der Waals surface area contributed by atoms with E-state index in [9.17, 15) is 0 Å². The van der Waals surface area contributed by atoms with Gasteiger partial charge in [-0.15, -0.1) is 0 Å². The van der Waals surface area contributed by atoms with Gasteiger partial charge < -0.3 is 10.2 Å². The highest BCUT2D eigenvalue weighted by molar-refractivity contribution is 4.88. The Balaban J connectivity index is 2.65. The summed E-state index contributed by atoms with van der Waals surface area (Å²) in [6.45, 7) is 14.5. The zero-order valence-electron chi connectivity index (χ0n) is 13.8. The van der Waals surface area contributed by atoms with E-state index in [-0.39, 0.29) is 0 Å². The maximum Gasteiger partial charge on any atom is 0.00645 e. The second-order valence-electron chi connectivity index (χ2n) is 6.58. The average molecular weight is 268 g/mol. The molecule has 2 heteroatoms. The van der Waals surface area contributed by atoms with Crippen molar-refractivity contribution < 1.29 is 0 Å². The summed E-state index contributed by atoms with van der Waals surface area (Å²) in [5, 5.41) is 3.54. The topological polar surface area (TPSA) is 15.3 Å². The van der Waals surface area contributed by atoms with Gasteiger partial charge >= 0.3 is 0 Å². The van der Waals surface area contributed by atoms with E-state index in [1.807, 2.05) is 0 Å². The molecular weight excluding hydrogens is 232 g/mol. The molecule has 19 heavy (non-hydrogen) atoms. The first-order valence-electron chi connectivity index (χ1n) is 8.62. The summed E-state index contributed by atoms with van der Waals surface area (Å²) in [5.41, 5.74) is 0.594. The van der Waals surface area contributed by atoms with Crippen LogP contribution in [-0.4, -0.2) is 37.1 Å². The minimum Gasteiger partial charge on any atom is -0.317 e. The predicted molar refractivity (Wildman–Crippen MR) is 85.7 cm³/mol. The smallest absolute Gasteiger partial charge is 0.00645 e. The second kappa shape index (κ2) is 8.97. The Kier molecular flexibility index (Phi) is 8.01. The molecule has 2 nitrogen and oxygen atoms in total. The fraction of sp³-hybridized carbons (Fsp3) is 1.00. The van der Waals surface area contributed by atoms with Gasteiger partial charge in [-0.25, -0.2) is 0 Å². The average Bonchev–Trinajstić information content (AvgIpc) is 2.44. The van der Waals surface area contributed by atoms with Crippen LogP contribution in [0.5, 0.6) is 0 Å². The number of piperidine rings is 1. The van der Waals surface area contributed by atoms with Crippen molar-refractivity contribution in [3.8, 4) is 0 Å². The van der Waals surface area contributed by atoms with Crippen LogP contribution in [0.2, 0.25) is 0 Å². The van der Waals surface area contributed by atoms with Gasteiger partial charge in [0, 0.05) is 12.6 Å². The molecule has 1 atom stereocenters. The summed E-state index contributed by atoms with van der Waals surface area (Å²) < 4.78 is 0.